The standard InChI is InChI=1S/C26H24FN7/c1-26(28)9-12-33(16-26)24-19(17-5-2-6-18(13-17)34-11-4-10-30-34)14-29-15-20(24)25-31-22-8-3-7-21(27)23(22)32-25/h2-8,10-11,13-15H,9,12,16,28H2,1H3,(H,31,32). The normalized spacial score (nSPS) is 18.1. The van der Waals surface area contributed by atoms with Gasteiger partial charge in [-0.25, -0.2) is 14.1 Å². The molecule has 0 radical (unpaired) electrons. The van der Waals surface area contributed by atoms with E-state index in [1.807, 2.05) is 41.3 Å². The molecule has 0 spiro atoms. The summed E-state index contributed by atoms with van der Waals surface area (Å²) in [7, 11) is 0. The molecule has 1 aliphatic rings. The molecule has 0 saturated carbocycles. The first-order chi connectivity index (χ1) is 16.5. The third-order valence-electron chi connectivity index (χ3n) is 6.38. The molecule has 170 valence electrons. The van der Waals surface area contributed by atoms with E-state index in [4.69, 9.17) is 5.73 Å². The zero-order valence-corrected chi connectivity index (χ0v) is 18.7. The minimum atomic E-state index is -0.353. The molecule has 4 heterocycles. The maximum Gasteiger partial charge on any atom is 0.151 e. The van der Waals surface area contributed by atoms with Gasteiger partial charge in [-0.1, -0.05) is 18.2 Å². The molecule has 34 heavy (non-hydrogen) atoms. The Bertz CT molecular complexity index is 1490. The van der Waals surface area contributed by atoms with Crippen LogP contribution in [0.25, 0.3) is 39.2 Å². The fourth-order valence-corrected chi connectivity index (χ4v) is 4.72. The summed E-state index contributed by atoms with van der Waals surface area (Å²) in [6, 6.07) is 15.0. The first-order valence-electron chi connectivity index (χ1n) is 11.3. The van der Waals surface area contributed by atoms with Gasteiger partial charge in [0.15, 0.2) is 5.82 Å². The van der Waals surface area contributed by atoms with Crippen molar-refractivity contribution < 1.29 is 4.39 Å². The molecule has 1 fully saturated rings. The molecule has 5 aromatic rings. The number of nitrogens with zero attached hydrogens (tertiary/aromatic N) is 5. The Kier molecular flexibility index (Phi) is 4.70. The van der Waals surface area contributed by atoms with Crippen molar-refractivity contribution in [2.45, 2.75) is 18.9 Å². The molecule has 3 aromatic heterocycles. The highest BCUT2D eigenvalue weighted by Crippen LogP contribution is 2.41. The van der Waals surface area contributed by atoms with E-state index in [2.05, 4.69) is 44.0 Å². The largest absolute Gasteiger partial charge is 0.368 e. The van der Waals surface area contributed by atoms with E-state index >= 15 is 0 Å². The van der Waals surface area contributed by atoms with Gasteiger partial charge in [-0.3, -0.25) is 4.98 Å². The molecule has 8 heteroatoms. The Labute approximate surface area is 196 Å². The Morgan fingerprint density at radius 1 is 1.09 bits per heavy atom. The van der Waals surface area contributed by atoms with Gasteiger partial charge >= 0.3 is 0 Å². The fourth-order valence-electron chi connectivity index (χ4n) is 4.72. The number of rotatable bonds is 4. The van der Waals surface area contributed by atoms with Crippen molar-refractivity contribution in [3.8, 4) is 28.2 Å². The Hall–Kier alpha value is -4.04. The summed E-state index contributed by atoms with van der Waals surface area (Å²) in [5, 5.41) is 4.36. The van der Waals surface area contributed by atoms with Gasteiger partial charge in [0, 0.05) is 49.0 Å². The van der Waals surface area contributed by atoms with Gasteiger partial charge < -0.3 is 15.6 Å². The van der Waals surface area contributed by atoms with Crippen molar-refractivity contribution in [2.75, 3.05) is 18.0 Å². The van der Waals surface area contributed by atoms with Gasteiger partial charge in [0.2, 0.25) is 0 Å². The number of hydrogen-bond acceptors (Lipinski definition) is 5. The SMILES string of the molecule is CC1(N)CCN(c2c(-c3cccc(-n4cccn4)c3)cncc2-c2nc3c(F)cccc3[nH]2)C1. The van der Waals surface area contributed by atoms with E-state index in [9.17, 15) is 4.39 Å². The van der Waals surface area contributed by atoms with Crippen molar-refractivity contribution >= 4 is 16.7 Å². The number of benzene rings is 2. The van der Waals surface area contributed by atoms with E-state index in [0.29, 0.717) is 23.4 Å². The van der Waals surface area contributed by atoms with Crippen molar-refractivity contribution in [1.29, 1.82) is 0 Å². The zero-order valence-electron chi connectivity index (χ0n) is 18.7. The molecule has 2 aromatic carbocycles. The number of aromatic nitrogens is 5. The molecule has 1 aliphatic heterocycles. The lowest BCUT2D eigenvalue weighted by Gasteiger charge is -2.26. The smallest absolute Gasteiger partial charge is 0.151 e. The van der Waals surface area contributed by atoms with Crippen LogP contribution in [0.3, 0.4) is 0 Å². The number of fused-ring (bicyclic) bond motifs is 1. The van der Waals surface area contributed by atoms with Crippen molar-refractivity contribution in [1.82, 2.24) is 24.7 Å². The minimum Gasteiger partial charge on any atom is -0.368 e. The van der Waals surface area contributed by atoms with E-state index in [0.717, 1.165) is 41.0 Å². The summed E-state index contributed by atoms with van der Waals surface area (Å²) in [4.78, 5) is 14.7. The summed E-state index contributed by atoms with van der Waals surface area (Å²) in [6.45, 7) is 3.58. The van der Waals surface area contributed by atoms with Crippen LogP contribution >= 0.6 is 0 Å². The quantitative estimate of drug-likeness (QED) is 0.417. The third-order valence-corrected chi connectivity index (χ3v) is 6.38. The second-order valence-corrected chi connectivity index (χ2v) is 9.13. The predicted molar refractivity (Wildman–Crippen MR) is 131 cm³/mol. The van der Waals surface area contributed by atoms with Crippen molar-refractivity contribution in [3.63, 3.8) is 0 Å². The van der Waals surface area contributed by atoms with Crippen LogP contribution < -0.4 is 10.6 Å². The number of para-hydroxylation sites is 1. The second-order valence-electron chi connectivity index (χ2n) is 9.13. The lowest BCUT2D eigenvalue weighted by atomic mass is 10.0. The summed E-state index contributed by atoms with van der Waals surface area (Å²) in [5.74, 6) is 0.228. The number of pyridine rings is 1. The van der Waals surface area contributed by atoms with Crippen LogP contribution in [0, 0.1) is 5.82 Å². The number of nitrogens with one attached hydrogen (secondary N) is 1. The highest BCUT2D eigenvalue weighted by atomic mass is 19.1. The lowest BCUT2D eigenvalue weighted by Crippen LogP contribution is -2.39. The maximum atomic E-state index is 14.4. The van der Waals surface area contributed by atoms with Gasteiger partial charge in [-0.15, -0.1) is 0 Å². The Morgan fingerprint density at radius 2 is 1.94 bits per heavy atom. The molecule has 1 saturated heterocycles. The molecular formula is C26H24FN7. The molecule has 3 N–H and O–H groups in total. The molecule has 1 atom stereocenters. The summed E-state index contributed by atoms with van der Waals surface area (Å²) in [5.41, 5.74) is 11.9. The van der Waals surface area contributed by atoms with Crippen LogP contribution in [0.4, 0.5) is 10.1 Å². The van der Waals surface area contributed by atoms with Gasteiger partial charge in [0.05, 0.1) is 22.5 Å². The lowest BCUT2D eigenvalue weighted by molar-refractivity contribution is 0.525. The monoisotopic (exact) mass is 453 g/mol. The van der Waals surface area contributed by atoms with Crippen LogP contribution in [-0.4, -0.2) is 43.4 Å². The highest BCUT2D eigenvalue weighted by Gasteiger charge is 2.33. The van der Waals surface area contributed by atoms with Crippen LogP contribution in [0.5, 0.6) is 0 Å². The number of imidazole rings is 1. The van der Waals surface area contributed by atoms with Crippen LogP contribution in [-0.2, 0) is 0 Å². The van der Waals surface area contributed by atoms with Crippen LogP contribution in [0.1, 0.15) is 13.3 Å². The van der Waals surface area contributed by atoms with Crippen LogP contribution in [0.15, 0.2) is 73.3 Å². The number of hydrogen-bond donors (Lipinski definition) is 2. The number of aromatic amines is 1. The third kappa shape index (κ3) is 3.52. The van der Waals surface area contributed by atoms with E-state index in [-0.39, 0.29) is 11.4 Å². The number of H-pyrrole nitrogens is 1. The average Bonchev–Trinajstić information content (AvgIpc) is 3.59. The maximum absolute atomic E-state index is 14.4. The molecular weight excluding hydrogens is 429 g/mol. The second kappa shape index (κ2) is 7.78. The van der Waals surface area contributed by atoms with E-state index < -0.39 is 0 Å². The average molecular weight is 454 g/mol. The molecule has 0 bridgehead atoms. The first kappa shape index (κ1) is 20.6. The van der Waals surface area contributed by atoms with Crippen molar-refractivity contribution in [3.05, 3.63) is 79.1 Å². The molecule has 7 nitrogen and oxygen atoms in total. The molecule has 1 unspecified atom stereocenters. The predicted octanol–water partition coefficient (Wildman–Crippen LogP) is 4.54. The summed E-state index contributed by atoms with van der Waals surface area (Å²) in [6.07, 6.45) is 8.20. The molecule has 0 aliphatic carbocycles. The van der Waals surface area contributed by atoms with Crippen LogP contribution in [0.2, 0.25) is 0 Å². The topological polar surface area (TPSA) is 88.7 Å². The first-order valence-corrected chi connectivity index (χ1v) is 11.3. The summed E-state index contributed by atoms with van der Waals surface area (Å²) >= 11 is 0. The Morgan fingerprint density at radius 3 is 2.71 bits per heavy atom. The van der Waals surface area contributed by atoms with E-state index in [1.54, 1.807) is 18.5 Å². The van der Waals surface area contributed by atoms with Crippen molar-refractivity contribution in [2.24, 2.45) is 5.73 Å². The van der Waals surface area contributed by atoms with Gasteiger partial charge in [-0.05, 0) is 49.2 Å². The van der Waals surface area contributed by atoms with Gasteiger partial charge in [0.25, 0.3) is 0 Å². The van der Waals surface area contributed by atoms with Gasteiger partial charge in [0.1, 0.15) is 11.3 Å². The van der Waals surface area contributed by atoms with E-state index in [1.165, 1.54) is 6.07 Å². The highest BCUT2D eigenvalue weighted by molar-refractivity contribution is 5.91. The molecule has 6 rings (SSSR count). The zero-order chi connectivity index (χ0) is 23.3. The molecule has 0 amide bonds. The number of halogens is 1. The summed E-state index contributed by atoms with van der Waals surface area (Å²) < 4.78 is 16.2. The Balaban J connectivity index is 1.55. The minimum absolute atomic E-state index is 0.297. The number of nitrogens with two attached hydrogens (primary N) is 1. The van der Waals surface area contributed by atoms with Gasteiger partial charge in [-0.2, -0.15) is 5.10 Å². The number of anilines is 1. The fraction of sp³-hybridized carbons (Fsp3) is 0.192.